The first-order chi connectivity index (χ1) is 8.92. The fourth-order valence-electron chi connectivity index (χ4n) is 6.36. The van der Waals surface area contributed by atoms with E-state index in [2.05, 4.69) is 10.2 Å². The molecule has 6 fully saturated rings. The molecule has 0 aromatic rings. The molecule has 0 spiro atoms. The number of hydrogen-bond acceptors (Lipinski definition) is 2. The van der Waals surface area contributed by atoms with Crippen LogP contribution in [0.3, 0.4) is 0 Å². The molecule has 2 nitrogen and oxygen atoms in total. The highest BCUT2D eigenvalue weighted by atomic mass is 15.2. The van der Waals surface area contributed by atoms with E-state index in [9.17, 15) is 0 Å². The minimum atomic E-state index is 0.924. The molecule has 2 heterocycles. The Balaban J connectivity index is 1.36. The van der Waals surface area contributed by atoms with Gasteiger partial charge in [-0.15, -0.1) is 0 Å². The van der Waals surface area contributed by atoms with E-state index in [4.69, 9.17) is 0 Å². The van der Waals surface area contributed by atoms with Crippen LogP contribution in [0.5, 0.6) is 0 Å². The van der Waals surface area contributed by atoms with Gasteiger partial charge >= 0.3 is 0 Å². The second-order valence-corrected chi connectivity index (χ2v) is 7.73. The fraction of sp³-hybridized carbons (Fsp3) is 1.00. The lowest BCUT2D eigenvalue weighted by Crippen LogP contribution is -2.42. The van der Waals surface area contributed by atoms with Crippen LogP contribution in [-0.4, -0.2) is 37.1 Å². The summed E-state index contributed by atoms with van der Waals surface area (Å²) in [5.41, 5.74) is 0. The Morgan fingerprint density at radius 3 is 1.89 bits per heavy atom. The third kappa shape index (κ3) is 1.37. The number of nitrogens with zero attached hydrogens (tertiary/aromatic N) is 1. The van der Waals surface area contributed by atoms with Gasteiger partial charge in [0, 0.05) is 19.1 Å². The van der Waals surface area contributed by atoms with Gasteiger partial charge in [0.25, 0.3) is 0 Å². The quantitative estimate of drug-likeness (QED) is 0.761. The van der Waals surface area contributed by atoms with Gasteiger partial charge in [-0.1, -0.05) is 0 Å². The summed E-state index contributed by atoms with van der Waals surface area (Å²) in [4.78, 5) is 2.91. The Bertz CT molecular complexity index is 325. The van der Waals surface area contributed by atoms with Gasteiger partial charge < -0.3 is 5.32 Å². The summed E-state index contributed by atoms with van der Waals surface area (Å²) in [7, 11) is 0. The van der Waals surface area contributed by atoms with Crippen molar-refractivity contribution in [1.82, 2.24) is 10.2 Å². The smallest absolute Gasteiger partial charge is 0.0120 e. The van der Waals surface area contributed by atoms with Crippen molar-refractivity contribution in [3.63, 3.8) is 0 Å². The zero-order valence-corrected chi connectivity index (χ0v) is 11.4. The molecule has 2 saturated heterocycles. The van der Waals surface area contributed by atoms with Crippen molar-refractivity contribution in [1.29, 1.82) is 0 Å². The highest BCUT2D eigenvalue weighted by molar-refractivity contribution is 5.12. The number of likely N-dealkylation sites (tertiary alicyclic amines) is 1. The highest BCUT2D eigenvalue weighted by Crippen LogP contribution is 2.67. The number of nitrogens with one attached hydrogen (secondary N) is 1. The topological polar surface area (TPSA) is 15.3 Å². The summed E-state index contributed by atoms with van der Waals surface area (Å²) in [6.45, 7) is 5.46. The Hall–Kier alpha value is -0.0800. The zero-order valence-electron chi connectivity index (χ0n) is 11.4. The molecule has 0 amide bonds. The van der Waals surface area contributed by atoms with Crippen molar-refractivity contribution in [2.75, 3.05) is 26.2 Å². The van der Waals surface area contributed by atoms with Gasteiger partial charge in [-0.2, -0.15) is 0 Å². The van der Waals surface area contributed by atoms with Gasteiger partial charge in [0.15, 0.2) is 0 Å². The Morgan fingerprint density at radius 1 is 0.667 bits per heavy atom. The predicted octanol–water partition coefficient (Wildman–Crippen LogP) is 1.96. The lowest BCUT2D eigenvalue weighted by molar-refractivity contribution is 0.0464. The average Bonchev–Trinajstić information content (AvgIpc) is 3.12. The van der Waals surface area contributed by atoms with Gasteiger partial charge in [0.2, 0.25) is 0 Å². The van der Waals surface area contributed by atoms with Crippen molar-refractivity contribution in [2.24, 2.45) is 35.5 Å². The van der Waals surface area contributed by atoms with Crippen molar-refractivity contribution in [3.05, 3.63) is 0 Å². The van der Waals surface area contributed by atoms with Crippen molar-refractivity contribution in [2.45, 2.75) is 38.1 Å². The van der Waals surface area contributed by atoms with Gasteiger partial charge in [-0.25, -0.2) is 0 Å². The van der Waals surface area contributed by atoms with E-state index in [0.717, 1.165) is 29.7 Å². The summed E-state index contributed by atoms with van der Waals surface area (Å²) < 4.78 is 0. The number of fused-ring (bicyclic) bond motifs is 1. The molecule has 0 aromatic carbocycles. The summed E-state index contributed by atoms with van der Waals surface area (Å²) in [5, 5.41) is 3.52. The molecule has 6 unspecified atom stereocenters. The molecule has 2 bridgehead atoms. The lowest BCUT2D eigenvalue weighted by Gasteiger charge is -2.44. The van der Waals surface area contributed by atoms with E-state index in [1.54, 1.807) is 19.3 Å². The molecule has 1 N–H and O–H groups in total. The Kier molecular flexibility index (Phi) is 2.21. The third-order valence-corrected chi connectivity index (χ3v) is 7.19. The molecule has 4 aliphatic carbocycles. The minimum absolute atomic E-state index is 0.924. The second kappa shape index (κ2) is 3.73. The number of piperidine rings is 1. The van der Waals surface area contributed by atoms with E-state index in [0.29, 0.717) is 0 Å². The lowest BCUT2D eigenvalue weighted by atomic mass is 9.60. The molecule has 6 atom stereocenters. The molecule has 0 radical (unpaired) electrons. The zero-order chi connectivity index (χ0) is 11.7. The van der Waals surface area contributed by atoms with E-state index in [1.807, 2.05) is 0 Å². The summed E-state index contributed by atoms with van der Waals surface area (Å²) >= 11 is 0. The summed E-state index contributed by atoms with van der Waals surface area (Å²) in [5.74, 6) is 6.91. The van der Waals surface area contributed by atoms with Gasteiger partial charge in [-0.05, 0) is 80.7 Å². The molecular formula is C16H26N2. The maximum atomic E-state index is 3.52. The molecule has 100 valence electrons. The fourth-order valence-corrected chi connectivity index (χ4v) is 6.36. The maximum Gasteiger partial charge on any atom is 0.0120 e. The highest BCUT2D eigenvalue weighted by Gasteiger charge is 2.63. The first-order valence-electron chi connectivity index (χ1n) is 8.36. The molecule has 2 aliphatic heterocycles. The van der Waals surface area contributed by atoms with E-state index >= 15 is 0 Å². The van der Waals surface area contributed by atoms with Gasteiger partial charge in [0.1, 0.15) is 0 Å². The molecular weight excluding hydrogens is 220 g/mol. The average molecular weight is 246 g/mol. The first-order valence-corrected chi connectivity index (χ1v) is 8.36. The second-order valence-electron chi connectivity index (χ2n) is 7.73. The van der Waals surface area contributed by atoms with Crippen LogP contribution >= 0.6 is 0 Å². The van der Waals surface area contributed by atoms with Crippen molar-refractivity contribution in [3.8, 4) is 0 Å². The van der Waals surface area contributed by atoms with Crippen LogP contribution in [0.25, 0.3) is 0 Å². The van der Waals surface area contributed by atoms with Crippen LogP contribution in [0.4, 0.5) is 0 Å². The first kappa shape index (κ1) is 10.7. The molecule has 4 saturated carbocycles. The maximum absolute atomic E-state index is 3.52. The molecule has 18 heavy (non-hydrogen) atoms. The molecule has 0 aromatic heterocycles. The summed E-state index contributed by atoms with van der Waals surface area (Å²) in [6, 6.07) is 0.924. The largest absolute Gasteiger partial charge is 0.317 e. The molecule has 2 heteroatoms. The minimum Gasteiger partial charge on any atom is -0.317 e. The Labute approximate surface area is 110 Å². The standard InChI is InChI=1S/C16H26N2/c1-2-12-14-7-13(14)11(1)15-8-18(9-16(12)15)10-3-5-17-6-4-10/h10-17H,1-9H2. The number of rotatable bonds is 1. The van der Waals surface area contributed by atoms with Crippen LogP contribution in [-0.2, 0) is 0 Å². The van der Waals surface area contributed by atoms with E-state index < -0.39 is 0 Å². The normalized spacial score (nSPS) is 55.3. The van der Waals surface area contributed by atoms with Crippen LogP contribution in [0.15, 0.2) is 0 Å². The van der Waals surface area contributed by atoms with Crippen molar-refractivity contribution < 1.29 is 0 Å². The third-order valence-electron chi connectivity index (χ3n) is 7.19. The summed E-state index contributed by atoms with van der Waals surface area (Å²) in [6.07, 6.45) is 7.61. The van der Waals surface area contributed by atoms with Crippen LogP contribution in [0.2, 0.25) is 0 Å². The van der Waals surface area contributed by atoms with E-state index in [-0.39, 0.29) is 0 Å². The van der Waals surface area contributed by atoms with Gasteiger partial charge in [-0.3, -0.25) is 4.90 Å². The predicted molar refractivity (Wildman–Crippen MR) is 72.3 cm³/mol. The van der Waals surface area contributed by atoms with Crippen LogP contribution < -0.4 is 5.32 Å². The van der Waals surface area contributed by atoms with Crippen molar-refractivity contribution >= 4 is 0 Å². The Morgan fingerprint density at radius 2 is 1.28 bits per heavy atom. The SMILES string of the molecule is C1CC(N2CC3C4CCC(C5CC45)C3C2)CCN1. The molecule has 6 aliphatic rings. The van der Waals surface area contributed by atoms with Gasteiger partial charge in [0.05, 0.1) is 0 Å². The number of hydrogen-bond donors (Lipinski definition) is 1. The molecule has 6 rings (SSSR count). The monoisotopic (exact) mass is 246 g/mol. The van der Waals surface area contributed by atoms with Crippen LogP contribution in [0, 0.1) is 35.5 Å². The van der Waals surface area contributed by atoms with Crippen LogP contribution in [0.1, 0.15) is 32.1 Å². The van der Waals surface area contributed by atoms with E-state index in [1.165, 1.54) is 50.9 Å².